The van der Waals surface area contributed by atoms with E-state index in [1.165, 1.54) is 0 Å². The maximum Gasteiger partial charge on any atom is 0.277 e. The smallest absolute Gasteiger partial charge is 0.277 e. The standard InChI is InChI=1S/C23H18BrN5O3S3/c1-2-12-29-18(19(31)25-16-6-4-3-5-7-16)21(35-23(29)33)26-17(30)13-34-22-28-27-20(32-22)14-8-10-15(24)11-9-14/h2-11H,1,12-13H2,(H,25,31)(H,26,30). The largest absolute Gasteiger partial charge is 0.411 e. The summed E-state index contributed by atoms with van der Waals surface area (Å²) in [5, 5.41) is 14.3. The van der Waals surface area contributed by atoms with E-state index in [0.29, 0.717) is 27.1 Å². The summed E-state index contributed by atoms with van der Waals surface area (Å²) < 4.78 is 8.67. The highest BCUT2D eigenvalue weighted by Crippen LogP contribution is 2.28. The summed E-state index contributed by atoms with van der Waals surface area (Å²) in [6.45, 7) is 4.06. The molecule has 2 N–H and O–H groups in total. The molecule has 12 heteroatoms. The minimum Gasteiger partial charge on any atom is -0.411 e. The monoisotopic (exact) mass is 587 g/mol. The fraction of sp³-hybridized carbons (Fsp3) is 0.0870. The van der Waals surface area contributed by atoms with Crippen molar-refractivity contribution in [3.63, 3.8) is 0 Å². The van der Waals surface area contributed by atoms with Gasteiger partial charge >= 0.3 is 0 Å². The molecule has 0 spiro atoms. The van der Waals surface area contributed by atoms with Crippen molar-refractivity contribution in [2.45, 2.75) is 11.8 Å². The zero-order valence-corrected chi connectivity index (χ0v) is 22.1. The maximum atomic E-state index is 13.1. The molecule has 178 valence electrons. The molecule has 0 bridgehead atoms. The van der Waals surface area contributed by atoms with Crippen LogP contribution >= 0.6 is 51.2 Å². The van der Waals surface area contributed by atoms with Crippen LogP contribution in [0.5, 0.6) is 0 Å². The minimum atomic E-state index is -0.385. The lowest BCUT2D eigenvalue weighted by Crippen LogP contribution is -2.21. The highest BCUT2D eigenvalue weighted by molar-refractivity contribution is 9.10. The Kier molecular flexibility index (Phi) is 8.29. The number of nitrogens with zero attached hydrogens (tertiary/aromatic N) is 3. The van der Waals surface area contributed by atoms with Crippen LogP contribution in [0, 0.1) is 3.95 Å². The average molecular weight is 589 g/mol. The number of benzene rings is 2. The van der Waals surface area contributed by atoms with Crippen LogP contribution in [0.1, 0.15) is 10.5 Å². The fourth-order valence-electron chi connectivity index (χ4n) is 2.99. The molecule has 0 aliphatic carbocycles. The number of halogens is 1. The highest BCUT2D eigenvalue weighted by Gasteiger charge is 2.22. The zero-order chi connectivity index (χ0) is 24.8. The second-order valence-corrected chi connectivity index (χ2v) is 10.5. The van der Waals surface area contributed by atoms with Gasteiger partial charge in [0.2, 0.25) is 11.8 Å². The SMILES string of the molecule is C=CCn1c(C(=O)Nc2ccccc2)c(NC(=O)CSc2nnc(-c3ccc(Br)cc3)o2)sc1=S. The highest BCUT2D eigenvalue weighted by atomic mass is 79.9. The van der Waals surface area contributed by atoms with Crippen molar-refractivity contribution in [2.24, 2.45) is 0 Å². The lowest BCUT2D eigenvalue weighted by molar-refractivity contribution is -0.113. The molecular weight excluding hydrogens is 570 g/mol. The van der Waals surface area contributed by atoms with E-state index in [-0.39, 0.29) is 28.5 Å². The van der Waals surface area contributed by atoms with E-state index in [2.05, 4.69) is 43.3 Å². The van der Waals surface area contributed by atoms with Gasteiger partial charge in [0.25, 0.3) is 11.1 Å². The van der Waals surface area contributed by atoms with Crippen molar-refractivity contribution in [1.82, 2.24) is 14.8 Å². The molecule has 2 amide bonds. The lowest BCUT2D eigenvalue weighted by atomic mass is 10.2. The first kappa shape index (κ1) is 25.0. The van der Waals surface area contributed by atoms with E-state index in [9.17, 15) is 9.59 Å². The van der Waals surface area contributed by atoms with E-state index >= 15 is 0 Å². The van der Waals surface area contributed by atoms with E-state index in [4.69, 9.17) is 16.6 Å². The fourth-order valence-corrected chi connectivity index (χ4v) is 5.15. The van der Waals surface area contributed by atoms with Gasteiger partial charge in [0, 0.05) is 22.3 Å². The van der Waals surface area contributed by atoms with Crippen LogP contribution in [-0.2, 0) is 11.3 Å². The first-order valence-corrected chi connectivity index (χ1v) is 13.2. The Balaban J connectivity index is 1.45. The second-order valence-electron chi connectivity index (χ2n) is 6.98. The molecule has 0 radical (unpaired) electrons. The van der Waals surface area contributed by atoms with Crippen LogP contribution in [0.4, 0.5) is 10.7 Å². The molecule has 0 aliphatic rings. The van der Waals surface area contributed by atoms with Gasteiger partial charge in [0.1, 0.15) is 10.7 Å². The number of carbonyl (C=O) groups excluding carboxylic acids is 2. The predicted molar refractivity (Wildman–Crippen MR) is 145 cm³/mol. The number of allylic oxidation sites excluding steroid dienone is 1. The number of rotatable bonds is 9. The Bertz CT molecular complexity index is 1410. The summed E-state index contributed by atoms with van der Waals surface area (Å²) in [7, 11) is 0. The molecule has 0 saturated heterocycles. The van der Waals surface area contributed by atoms with Gasteiger partial charge in [-0.25, -0.2) is 0 Å². The van der Waals surface area contributed by atoms with Gasteiger partial charge in [-0.3, -0.25) is 9.59 Å². The number of aromatic nitrogens is 3. The van der Waals surface area contributed by atoms with Gasteiger partial charge in [-0.05, 0) is 48.6 Å². The summed E-state index contributed by atoms with van der Waals surface area (Å²) in [4.78, 5) is 25.8. The summed E-state index contributed by atoms with van der Waals surface area (Å²) in [6, 6.07) is 16.5. The minimum absolute atomic E-state index is 0.00777. The molecule has 0 unspecified atom stereocenters. The molecular formula is C23H18BrN5O3S3. The van der Waals surface area contributed by atoms with Crippen molar-refractivity contribution in [1.29, 1.82) is 0 Å². The van der Waals surface area contributed by atoms with Gasteiger partial charge in [-0.15, -0.1) is 16.8 Å². The Morgan fingerprint density at radius 1 is 1.14 bits per heavy atom. The molecule has 35 heavy (non-hydrogen) atoms. The molecule has 0 aliphatic heterocycles. The molecule has 8 nitrogen and oxygen atoms in total. The van der Waals surface area contributed by atoms with E-state index in [0.717, 1.165) is 33.1 Å². The van der Waals surface area contributed by atoms with Crippen LogP contribution in [0.25, 0.3) is 11.5 Å². The number of amides is 2. The van der Waals surface area contributed by atoms with Gasteiger partial charge < -0.3 is 19.6 Å². The Morgan fingerprint density at radius 2 is 1.89 bits per heavy atom. The Hall–Kier alpha value is -3.06. The first-order chi connectivity index (χ1) is 16.9. The third kappa shape index (κ3) is 6.34. The normalized spacial score (nSPS) is 10.7. The Morgan fingerprint density at radius 3 is 2.60 bits per heavy atom. The van der Waals surface area contributed by atoms with Crippen molar-refractivity contribution in [3.05, 3.63) is 81.4 Å². The molecule has 0 atom stereocenters. The molecule has 4 aromatic rings. The second kappa shape index (κ2) is 11.6. The van der Waals surface area contributed by atoms with Gasteiger partial charge in [-0.1, -0.05) is 63.3 Å². The van der Waals surface area contributed by atoms with E-state index in [1.54, 1.807) is 22.8 Å². The van der Waals surface area contributed by atoms with E-state index < -0.39 is 0 Å². The van der Waals surface area contributed by atoms with Crippen molar-refractivity contribution in [3.8, 4) is 11.5 Å². The summed E-state index contributed by atoms with van der Waals surface area (Å²) >= 11 is 11.0. The number of thiazole rings is 1. The quantitative estimate of drug-likeness (QED) is 0.135. The van der Waals surface area contributed by atoms with Crippen molar-refractivity contribution in [2.75, 3.05) is 16.4 Å². The molecule has 2 heterocycles. The summed E-state index contributed by atoms with van der Waals surface area (Å²) in [5.41, 5.74) is 1.66. The molecule has 4 rings (SSSR count). The van der Waals surface area contributed by atoms with Crippen molar-refractivity contribution < 1.29 is 14.0 Å². The number of hydrogen-bond acceptors (Lipinski definition) is 8. The third-order valence-electron chi connectivity index (χ3n) is 4.53. The summed E-state index contributed by atoms with van der Waals surface area (Å²) in [6.07, 6.45) is 1.64. The first-order valence-electron chi connectivity index (χ1n) is 10.2. The van der Waals surface area contributed by atoms with Crippen LogP contribution in [0.2, 0.25) is 0 Å². The van der Waals surface area contributed by atoms with Crippen LogP contribution in [-0.4, -0.2) is 32.3 Å². The number of nitrogens with one attached hydrogen (secondary N) is 2. The van der Waals surface area contributed by atoms with Gasteiger partial charge in [-0.2, -0.15) is 0 Å². The number of para-hydroxylation sites is 1. The topological polar surface area (TPSA) is 102 Å². The zero-order valence-electron chi connectivity index (χ0n) is 18.1. The number of thioether (sulfide) groups is 1. The van der Waals surface area contributed by atoms with E-state index in [1.807, 2.05) is 42.5 Å². The number of hydrogen-bond donors (Lipinski definition) is 2. The molecule has 2 aromatic carbocycles. The third-order valence-corrected chi connectivity index (χ3v) is 7.24. The van der Waals surface area contributed by atoms with Crippen LogP contribution in [0.3, 0.4) is 0 Å². The lowest BCUT2D eigenvalue weighted by Gasteiger charge is -2.10. The molecule has 0 saturated carbocycles. The maximum absolute atomic E-state index is 13.1. The van der Waals surface area contributed by atoms with Gasteiger partial charge in [0.15, 0.2) is 3.95 Å². The number of carbonyl (C=O) groups is 2. The van der Waals surface area contributed by atoms with Crippen LogP contribution in [0.15, 0.2) is 81.4 Å². The summed E-state index contributed by atoms with van der Waals surface area (Å²) in [5.74, 6) is -0.355. The molecule has 2 aromatic heterocycles. The van der Waals surface area contributed by atoms with Crippen LogP contribution < -0.4 is 10.6 Å². The molecule has 0 fully saturated rings. The Labute approximate surface area is 222 Å². The van der Waals surface area contributed by atoms with Crippen molar-refractivity contribution >= 4 is 73.7 Å². The average Bonchev–Trinajstić information content (AvgIpc) is 3.44. The number of anilines is 2. The predicted octanol–water partition coefficient (Wildman–Crippen LogP) is 6.26. The van der Waals surface area contributed by atoms with Gasteiger partial charge in [0.05, 0.1) is 5.75 Å².